The molecule has 8 heteroatoms. The van der Waals surface area contributed by atoms with E-state index >= 15 is 0 Å². The number of carbonyl (C=O) groups excluding carboxylic acids is 1. The second-order valence-electron chi connectivity index (χ2n) is 5.22. The Morgan fingerprint density at radius 3 is 2.60 bits per heavy atom. The minimum Gasteiger partial charge on any atom is -0.480 e. The molecule has 1 aliphatic rings. The van der Waals surface area contributed by atoms with Crippen LogP contribution in [0.15, 0.2) is 0 Å². The number of hydrogen-bond donors (Lipinski definition) is 3. The molecule has 1 aromatic heterocycles. The maximum absolute atomic E-state index is 12.1. The largest absolute Gasteiger partial charge is 0.480 e. The molecule has 2 amide bonds. The molecule has 0 spiro atoms. The van der Waals surface area contributed by atoms with E-state index in [-0.39, 0.29) is 6.54 Å². The Kier molecular flexibility index (Phi) is 3.91. The summed E-state index contributed by atoms with van der Waals surface area (Å²) in [6.45, 7) is 2.00. The van der Waals surface area contributed by atoms with Crippen LogP contribution in [0.1, 0.15) is 37.3 Å². The van der Waals surface area contributed by atoms with Crippen molar-refractivity contribution in [3.05, 3.63) is 11.6 Å². The number of urea groups is 1. The number of aromatic amines is 1. The molecule has 20 heavy (non-hydrogen) atoms. The van der Waals surface area contributed by atoms with Crippen molar-refractivity contribution >= 4 is 12.0 Å². The zero-order valence-corrected chi connectivity index (χ0v) is 11.6. The molecule has 8 nitrogen and oxygen atoms in total. The molecule has 2 rings (SSSR count). The first-order chi connectivity index (χ1) is 9.43. The van der Waals surface area contributed by atoms with Crippen molar-refractivity contribution in [2.24, 2.45) is 0 Å². The quantitative estimate of drug-likeness (QED) is 0.750. The highest BCUT2D eigenvalue weighted by Gasteiger charge is 2.43. The Hall–Kier alpha value is -2.12. The van der Waals surface area contributed by atoms with E-state index in [0.717, 1.165) is 12.8 Å². The van der Waals surface area contributed by atoms with Crippen molar-refractivity contribution < 1.29 is 14.7 Å². The van der Waals surface area contributed by atoms with Crippen LogP contribution in [0.2, 0.25) is 0 Å². The van der Waals surface area contributed by atoms with Crippen molar-refractivity contribution in [2.45, 2.75) is 44.7 Å². The standard InChI is InChI=1S/C12H19N5O3/c1-8-13-9(16-15-8)7-17(2)11(20)14-12(10(18)19)5-3-4-6-12/h3-7H2,1-2H3,(H,14,20)(H,18,19)(H,13,15,16). The van der Waals surface area contributed by atoms with E-state index in [1.807, 2.05) is 0 Å². The van der Waals surface area contributed by atoms with E-state index in [1.54, 1.807) is 14.0 Å². The van der Waals surface area contributed by atoms with Crippen LogP contribution in [0.3, 0.4) is 0 Å². The van der Waals surface area contributed by atoms with Gasteiger partial charge in [0.25, 0.3) is 0 Å². The average molecular weight is 281 g/mol. The van der Waals surface area contributed by atoms with E-state index in [1.165, 1.54) is 4.90 Å². The molecule has 0 saturated heterocycles. The van der Waals surface area contributed by atoms with Crippen molar-refractivity contribution in [3.8, 4) is 0 Å². The highest BCUT2D eigenvalue weighted by Crippen LogP contribution is 2.30. The number of aryl methyl sites for hydroxylation is 1. The molecule has 110 valence electrons. The lowest BCUT2D eigenvalue weighted by molar-refractivity contribution is -0.144. The molecule has 1 saturated carbocycles. The van der Waals surface area contributed by atoms with Gasteiger partial charge in [0.15, 0.2) is 5.82 Å². The van der Waals surface area contributed by atoms with Gasteiger partial charge in [-0.15, -0.1) is 0 Å². The lowest BCUT2D eigenvalue weighted by Gasteiger charge is -2.28. The third kappa shape index (κ3) is 2.89. The highest BCUT2D eigenvalue weighted by molar-refractivity contribution is 5.86. The summed E-state index contributed by atoms with van der Waals surface area (Å²) in [5, 5.41) is 18.6. The lowest BCUT2D eigenvalue weighted by Crippen LogP contribution is -2.55. The predicted molar refractivity (Wildman–Crippen MR) is 70.0 cm³/mol. The van der Waals surface area contributed by atoms with Crippen molar-refractivity contribution in [1.29, 1.82) is 0 Å². The van der Waals surface area contributed by atoms with E-state index < -0.39 is 17.5 Å². The molecule has 1 aromatic rings. The Bertz CT molecular complexity index is 507. The van der Waals surface area contributed by atoms with Crippen LogP contribution in [0.25, 0.3) is 0 Å². The van der Waals surface area contributed by atoms with E-state index in [2.05, 4.69) is 20.5 Å². The fourth-order valence-electron chi connectivity index (χ4n) is 2.41. The summed E-state index contributed by atoms with van der Waals surface area (Å²) < 4.78 is 0. The number of rotatable bonds is 4. The van der Waals surface area contributed by atoms with Crippen LogP contribution >= 0.6 is 0 Å². The van der Waals surface area contributed by atoms with Crippen LogP contribution in [-0.2, 0) is 11.3 Å². The zero-order chi connectivity index (χ0) is 14.8. The maximum atomic E-state index is 12.1. The summed E-state index contributed by atoms with van der Waals surface area (Å²) in [6.07, 6.45) is 2.58. The minimum atomic E-state index is -1.12. The fourth-order valence-corrected chi connectivity index (χ4v) is 2.41. The summed E-state index contributed by atoms with van der Waals surface area (Å²) in [7, 11) is 1.59. The van der Waals surface area contributed by atoms with Gasteiger partial charge < -0.3 is 15.3 Å². The first kappa shape index (κ1) is 14.3. The van der Waals surface area contributed by atoms with Gasteiger partial charge in [-0.1, -0.05) is 12.8 Å². The van der Waals surface area contributed by atoms with Crippen molar-refractivity contribution in [2.75, 3.05) is 7.05 Å². The number of nitrogens with zero attached hydrogens (tertiary/aromatic N) is 3. The van der Waals surface area contributed by atoms with Crippen molar-refractivity contribution in [1.82, 2.24) is 25.4 Å². The number of aromatic nitrogens is 3. The Balaban J connectivity index is 1.98. The molecule has 1 aliphatic carbocycles. The topological polar surface area (TPSA) is 111 Å². The Labute approximate surface area is 116 Å². The number of carboxylic acids is 1. The summed E-state index contributed by atoms with van der Waals surface area (Å²) in [5.74, 6) is 0.202. The monoisotopic (exact) mass is 281 g/mol. The Morgan fingerprint density at radius 2 is 2.10 bits per heavy atom. The second kappa shape index (κ2) is 5.48. The summed E-state index contributed by atoms with van der Waals surface area (Å²) >= 11 is 0. The van der Waals surface area contributed by atoms with Crippen LogP contribution in [-0.4, -0.2) is 49.8 Å². The molecule has 0 radical (unpaired) electrons. The Morgan fingerprint density at radius 1 is 1.45 bits per heavy atom. The number of carbonyl (C=O) groups is 2. The molecule has 1 heterocycles. The molecule has 3 N–H and O–H groups in total. The SMILES string of the molecule is Cc1nc(CN(C)C(=O)NC2(C(=O)O)CCCC2)n[nH]1. The molecule has 1 fully saturated rings. The van der Waals surface area contributed by atoms with Crippen molar-refractivity contribution in [3.63, 3.8) is 0 Å². The molecule has 0 atom stereocenters. The highest BCUT2D eigenvalue weighted by atomic mass is 16.4. The molecular weight excluding hydrogens is 262 g/mol. The van der Waals surface area contributed by atoms with Crippen LogP contribution in [0, 0.1) is 6.92 Å². The van der Waals surface area contributed by atoms with Gasteiger partial charge in [-0.25, -0.2) is 14.6 Å². The minimum absolute atomic E-state index is 0.228. The number of hydrogen-bond acceptors (Lipinski definition) is 4. The van der Waals surface area contributed by atoms with Gasteiger partial charge in [-0.05, 0) is 19.8 Å². The average Bonchev–Trinajstić information content (AvgIpc) is 2.99. The normalized spacial score (nSPS) is 16.9. The van der Waals surface area contributed by atoms with E-state index in [0.29, 0.717) is 24.5 Å². The second-order valence-corrected chi connectivity index (χ2v) is 5.22. The zero-order valence-electron chi connectivity index (χ0n) is 11.6. The van der Waals surface area contributed by atoms with Crippen LogP contribution < -0.4 is 5.32 Å². The van der Waals surface area contributed by atoms with E-state index in [9.17, 15) is 14.7 Å². The van der Waals surface area contributed by atoms with Crippen LogP contribution in [0.4, 0.5) is 4.79 Å². The van der Waals surface area contributed by atoms with E-state index in [4.69, 9.17) is 0 Å². The molecule has 0 unspecified atom stereocenters. The third-order valence-corrected chi connectivity index (χ3v) is 3.58. The number of H-pyrrole nitrogens is 1. The van der Waals surface area contributed by atoms with Gasteiger partial charge in [0.1, 0.15) is 11.4 Å². The first-order valence-corrected chi connectivity index (χ1v) is 6.57. The first-order valence-electron chi connectivity index (χ1n) is 6.57. The summed E-state index contributed by atoms with van der Waals surface area (Å²) in [5.41, 5.74) is -1.12. The molecular formula is C12H19N5O3. The van der Waals surface area contributed by atoms with Gasteiger partial charge in [0, 0.05) is 7.05 Å². The van der Waals surface area contributed by atoms with Gasteiger partial charge in [-0.3, -0.25) is 5.10 Å². The maximum Gasteiger partial charge on any atom is 0.329 e. The number of carboxylic acid groups (broad SMARTS) is 1. The smallest absolute Gasteiger partial charge is 0.329 e. The number of nitrogens with one attached hydrogen (secondary N) is 2. The van der Waals surface area contributed by atoms with Crippen LogP contribution in [0.5, 0.6) is 0 Å². The van der Waals surface area contributed by atoms with Gasteiger partial charge in [0.2, 0.25) is 0 Å². The number of amides is 2. The summed E-state index contributed by atoms with van der Waals surface area (Å²) in [4.78, 5) is 29.0. The molecule has 0 bridgehead atoms. The number of aliphatic carboxylic acids is 1. The van der Waals surface area contributed by atoms with Gasteiger partial charge in [-0.2, -0.15) is 5.10 Å². The fraction of sp³-hybridized carbons (Fsp3) is 0.667. The van der Waals surface area contributed by atoms with Gasteiger partial charge in [0.05, 0.1) is 6.54 Å². The summed E-state index contributed by atoms with van der Waals surface area (Å²) in [6, 6.07) is -0.420. The molecule has 0 aromatic carbocycles. The third-order valence-electron chi connectivity index (χ3n) is 3.58. The lowest BCUT2D eigenvalue weighted by atomic mass is 9.98. The molecule has 0 aliphatic heterocycles. The predicted octanol–water partition coefficient (Wildman–Crippen LogP) is 0.652. The van der Waals surface area contributed by atoms with Gasteiger partial charge >= 0.3 is 12.0 Å².